The van der Waals surface area contributed by atoms with E-state index in [4.69, 9.17) is 4.42 Å². The summed E-state index contributed by atoms with van der Waals surface area (Å²) < 4.78 is 6.38. The van der Waals surface area contributed by atoms with Crippen molar-refractivity contribution in [3.8, 4) is 33.4 Å². The molecule has 0 atom stereocenters. The average Bonchev–Trinajstić information content (AvgIpc) is 3.67. The van der Waals surface area contributed by atoms with Crippen molar-refractivity contribution < 1.29 is 4.42 Å². The molecule has 1 aliphatic carbocycles. The molecular formula is C49H35NO. The third-order valence-electron chi connectivity index (χ3n) is 10.9. The lowest BCUT2D eigenvalue weighted by atomic mass is 9.81. The molecule has 0 amide bonds. The fourth-order valence-corrected chi connectivity index (χ4v) is 8.21. The third-order valence-corrected chi connectivity index (χ3v) is 10.9. The lowest BCUT2D eigenvalue weighted by Crippen LogP contribution is -2.14. The minimum Gasteiger partial charge on any atom is -0.455 e. The molecule has 0 saturated heterocycles. The molecule has 1 heterocycles. The molecule has 1 aliphatic rings. The second kappa shape index (κ2) is 11.3. The summed E-state index contributed by atoms with van der Waals surface area (Å²) in [6.07, 6.45) is 0. The van der Waals surface area contributed by atoms with Gasteiger partial charge in [-0.1, -0.05) is 141 Å². The van der Waals surface area contributed by atoms with Crippen molar-refractivity contribution >= 4 is 49.8 Å². The highest BCUT2D eigenvalue weighted by Crippen LogP contribution is 2.49. The van der Waals surface area contributed by atoms with Crippen LogP contribution in [-0.4, -0.2) is 0 Å². The number of hydrogen-bond acceptors (Lipinski definition) is 2. The van der Waals surface area contributed by atoms with Crippen molar-refractivity contribution in [1.82, 2.24) is 0 Å². The quantitative estimate of drug-likeness (QED) is 0.184. The predicted octanol–water partition coefficient (Wildman–Crippen LogP) is 13.8. The lowest BCUT2D eigenvalue weighted by molar-refractivity contribution is 0.660. The molecule has 51 heavy (non-hydrogen) atoms. The number of benzene rings is 8. The Morgan fingerprint density at radius 1 is 0.412 bits per heavy atom. The van der Waals surface area contributed by atoms with E-state index < -0.39 is 0 Å². The third kappa shape index (κ3) is 4.71. The predicted molar refractivity (Wildman–Crippen MR) is 214 cm³/mol. The number of nitrogens with zero attached hydrogens (tertiary/aromatic N) is 1. The van der Waals surface area contributed by atoms with Crippen molar-refractivity contribution in [3.63, 3.8) is 0 Å². The van der Waals surface area contributed by atoms with Gasteiger partial charge in [0, 0.05) is 38.8 Å². The van der Waals surface area contributed by atoms with Crippen molar-refractivity contribution in [3.05, 3.63) is 187 Å². The fraction of sp³-hybridized carbons (Fsp3) is 0.0612. The fourth-order valence-electron chi connectivity index (χ4n) is 8.21. The van der Waals surface area contributed by atoms with Gasteiger partial charge in [-0.05, 0) is 98.2 Å². The van der Waals surface area contributed by atoms with Crippen molar-refractivity contribution in [2.75, 3.05) is 4.90 Å². The molecule has 0 saturated carbocycles. The van der Waals surface area contributed by atoms with Crippen molar-refractivity contribution in [2.24, 2.45) is 0 Å². The van der Waals surface area contributed by atoms with Gasteiger partial charge in [0.05, 0.1) is 0 Å². The molecule has 1 aromatic heterocycles. The van der Waals surface area contributed by atoms with Crippen LogP contribution in [0.2, 0.25) is 0 Å². The van der Waals surface area contributed by atoms with Gasteiger partial charge in [0.15, 0.2) is 0 Å². The molecule has 0 unspecified atom stereocenters. The van der Waals surface area contributed by atoms with E-state index in [-0.39, 0.29) is 5.41 Å². The number of rotatable bonds is 5. The molecule has 0 fully saturated rings. The molecule has 0 bridgehead atoms. The molecule has 10 rings (SSSR count). The Morgan fingerprint density at radius 2 is 1.02 bits per heavy atom. The van der Waals surface area contributed by atoms with Gasteiger partial charge in [-0.2, -0.15) is 0 Å². The van der Waals surface area contributed by atoms with Gasteiger partial charge in [-0.15, -0.1) is 0 Å². The summed E-state index contributed by atoms with van der Waals surface area (Å²) in [6.45, 7) is 4.68. The van der Waals surface area contributed by atoms with Gasteiger partial charge < -0.3 is 9.32 Å². The van der Waals surface area contributed by atoms with Crippen LogP contribution in [0.3, 0.4) is 0 Å². The summed E-state index contributed by atoms with van der Waals surface area (Å²) in [4.78, 5) is 2.35. The van der Waals surface area contributed by atoms with Crippen LogP contribution in [0.1, 0.15) is 25.0 Å². The molecule has 242 valence electrons. The second-order valence-corrected chi connectivity index (χ2v) is 14.2. The van der Waals surface area contributed by atoms with Gasteiger partial charge in [-0.3, -0.25) is 0 Å². The van der Waals surface area contributed by atoms with Crippen LogP contribution in [0.5, 0.6) is 0 Å². The Labute approximate surface area is 297 Å². The minimum atomic E-state index is -0.0309. The van der Waals surface area contributed by atoms with Crippen LogP contribution in [-0.2, 0) is 5.41 Å². The van der Waals surface area contributed by atoms with E-state index >= 15 is 0 Å². The van der Waals surface area contributed by atoms with Crippen LogP contribution in [0, 0.1) is 0 Å². The molecule has 9 aromatic rings. The van der Waals surface area contributed by atoms with E-state index in [1.54, 1.807) is 0 Å². The highest BCUT2D eigenvalue weighted by Gasteiger charge is 2.35. The Morgan fingerprint density at radius 3 is 1.84 bits per heavy atom. The first-order valence-electron chi connectivity index (χ1n) is 17.7. The van der Waals surface area contributed by atoms with Crippen LogP contribution < -0.4 is 4.90 Å². The largest absolute Gasteiger partial charge is 0.455 e. The number of hydrogen-bond donors (Lipinski definition) is 0. The van der Waals surface area contributed by atoms with Crippen LogP contribution >= 0.6 is 0 Å². The highest BCUT2D eigenvalue weighted by molar-refractivity contribution is 6.09. The summed E-state index contributed by atoms with van der Waals surface area (Å²) in [5.41, 5.74) is 15.3. The van der Waals surface area contributed by atoms with E-state index in [0.717, 1.165) is 50.1 Å². The smallest absolute Gasteiger partial charge is 0.143 e. The molecule has 8 aromatic carbocycles. The molecule has 0 aliphatic heterocycles. The lowest BCUT2D eigenvalue weighted by Gasteiger charge is -2.26. The van der Waals surface area contributed by atoms with E-state index in [1.807, 2.05) is 12.1 Å². The first-order chi connectivity index (χ1) is 25.0. The maximum absolute atomic E-state index is 6.38. The Balaban J connectivity index is 1.04. The summed E-state index contributed by atoms with van der Waals surface area (Å²) in [5.74, 6) is 0. The highest BCUT2D eigenvalue weighted by atomic mass is 16.3. The minimum absolute atomic E-state index is 0.0309. The van der Waals surface area contributed by atoms with Crippen LogP contribution in [0.4, 0.5) is 17.1 Å². The summed E-state index contributed by atoms with van der Waals surface area (Å²) in [5, 5.41) is 4.73. The van der Waals surface area contributed by atoms with Gasteiger partial charge in [0.25, 0.3) is 0 Å². The zero-order valence-electron chi connectivity index (χ0n) is 28.6. The number of furan rings is 1. The van der Waals surface area contributed by atoms with Crippen LogP contribution in [0.15, 0.2) is 180 Å². The maximum Gasteiger partial charge on any atom is 0.143 e. The summed E-state index contributed by atoms with van der Waals surface area (Å²) in [7, 11) is 0. The SMILES string of the molecule is CC1(C)c2ccccc2-c2ccc(-c3ccc(N(c4ccc(-c5cccc6c5oc5ccccc56)cc4)c4ccc5ccccc5c4)cc3)cc21. The Hall–Kier alpha value is -6.38. The van der Waals surface area contributed by atoms with Crippen molar-refractivity contribution in [1.29, 1.82) is 0 Å². The van der Waals surface area contributed by atoms with E-state index in [9.17, 15) is 0 Å². The van der Waals surface area contributed by atoms with Gasteiger partial charge in [-0.25, -0.2) is 0 Å². The normalized spacial score (nSPS) is 13.1. The first-order valence-corrected chi connectivity index (χ1v) is 17.7. The standard InChI is InChI=1S/C49H35NO/c1-49(2)45-16-7-5-12-41(45)42-29-23-36(31-46(42)49)33-18-24-37(25-19-33)50(39-28-20-32-10-3-4-11-35(32)30-39)38-26-21-34(22-27-38)40-14-9-15-44-43-13-6-8-17-47(43)51-48(40)44/h3-31H,1-2H3. The summed E-state index contributed by atoms with van der Waals surface area (Å²) >= 11 is 0. The maximum atomic E-state index is 6.38. The van der Waals surface area contributed by atoms with Gasteiger partial charge in [0.2, 0.25) is 0 Å². The average molecular weight is 654 g/mol. The monoisotopic (exact) mass is 653 g/mol. The van der Waals surface area contributed by atoms with E-state index in [1.165, 1.54) is 44.2 Å². The zero-order valence-corrected chi connectivity index (χ0v) is 28.6. The van der Waals surface area contributed by atoms with E-state index in [2.05, 4.69) is 183 Å². The first kappa shape index (κ1) is 29.5. The number of para-hydroxylation sites is 2. The molecule has 2 heteroatoms. The zero-order chi connectivity index (χ0) is 34.1. The van der Waals surface area contributed by atoms with Gasteiger partial charge in [0.1, 0.15) is 11.2 Å². The topological polar surface area (TPSA) is 16.4 Å². The molecule has 0 spiro atoms. The Bertz CT molecular complexity index is 2770. The molecule has 2 nitrogen and oxygen atoms in total. The summed E-state index contributed by atoms with van der Waals surface area (Å²) in [6, 6.07) is 63.7. The molecular weight excluding hydrogens is 619 g/mol. The number of anilines is 3. The Kier molecular flexibility index (Phi) is 6.56. The number of fused-ring (bicyclic) bond motifs is 7. The van der Waals surface area contributed by atoms with Crippen molar-refractivity contribution in [2.45, 2.75) is 19.3 Å². The van der Waals surface area contributed by atoms with E-state index in [0.29, 0.717) is 0 Å². The van der Waals surface area contributed by atoms with Gasteiger partial charge >= 0.3 is 0 Å². The second-order valence-electron chi connectivity index (χ2n) is 14.2. The molecule has 0 radical (unpaired) electrons. The molecule has 0 N–H and O–H groups in total. The van der Waals surface area contributed by atoms with Crippen LogP contribution in [0.25, 0.3) is 66.1 Å².